The molecule has 1 saturated heterocycles. The second-order valence-electron chi connectivity index (χ2n) is 9.41. The van der Waals surface area contributed by atoms with Gasteiger partial charge in [0.2, 0.25) is 0 Å². The molecule has 2 heterocycles. The summed E-state index contributed by atoms with van der Waals surface area (Å²) in [5.41, 5.74) is 1.85. The second kappa shape index (κ2) is 6.66. The third kappa shape index (κ3) is 2.98. The minimum atomic E-state index is 0.128. The van der Waals surface area contributed by atoms with Crippen molar-refractivity contribution in [1.82, 2.24) is 20.4 Å². The number of carbonyl (C=O) groups excluding carboxylic acids is 1. The number of hydrogen-bond acceptors (Lipinski definition) is 3. The SMILES string of the molecule is Cn1cc(C(=O)NC2C3CC4CC(C3)CC2C4)c(C2CCCNCC2)n1. The van der Waals surface area contributed by atoms with E-state index in [4.69, 9.17) is 5.10 Å². The lowest BCUT2D eigenvalue weighted by Gasteiger charge is -2.54. The Hall–Kier alpha value is -1.36. The van der Waals surface area contributed by atoms with Crippen LogP contribution < -0.4 is 10.6 Å². The van der Waals surface area contributed by atoms with Crippen LogP contribution in [-0.2, 0) is 7.05 Å². The van der Waals surface area contributed by atoms with Crippen LogP contribution in [0.25, 0.3) is 0 Å². The molecule has 1 unspecified atom stereocenters. The predicted molar refractivity (Wildman–Crippen MR) is 101 cm³/mol. The van der Waals surface area contributed by atoms with Gasteiger partial charge in [-0.3, -0.25) is 9.48 Å². The van der Waals surface area contributed by atoms with Gasteiger partial charge >= 0.3 is 0 Å². The van der Waals surface area contributed by atoms with Crippen molar-refractivity contribution in [2.24, 2.45) is 30.7 Å². The lowest BCUT2D eigenvalue weighted by Crippen LogP contribution is -2.55. The van der Waals surface area contributed by atoms with Crippen LogP contribution in [0.4, 0.5) is 0 Å². The maximum atomic E-state index is 13.2. The van der Waals surface area contributed by atoms with Crippen molar-refractivity contribution < 1.29 is 4.79 Å². The first kappa shape index (κ1) is 16.8. The molecule has 4 aliphatic carbocycles. The molecule has 142 valence electrons. The zero-order valence-corrected chi connectivity index (χ0v) is 15.9. The highest BCUT2D eigenvalue weighted by Crippen LogP contribution is 2.53. The minimum Gasteiger partial charge on any atom is -0.349 e. The number of aryl methyl sites for hydroxylation is 1. The maximum absolute atomic E-state index is 13.2. The van der Waals surface area contributed by atoms with E-state index in [0.717, 1.165) is 67.3 Å². The van der Waals surface area contributed by atoms with E-state index in [1.54, 1.807) is 0 Å². The monoisotopic (exact) mass is 356 g/mol. The van der Waals surface area contributed by atoms with Crippen molar-refractivity contribution in [3.63, 3.8) is 0 Å². The Labute approximate surface area is 156 Å². The highest BCUT2D eigenvalue weighted by molar-refractivity contribution is 5.95. The van der Waals surface area contributed by atoms with Gasteiger partial charge in [-0.15, -0.1) is 0 Å². The summed E-state index contributed by atoms with van der Waals surface area (Å²) < 4.78 is 1.83. The van der Waals surface area contributed by atoms with Gasteiger partial charge < -0.3 is 10.6 Å². The quantitative estimate of drug-likeness (QED) is 0.875. The van der Waals surface area contributed by atoms with Crippen LogP contribution in [0.15, 0.2) is 6.20 Å². The average Bonchev–Trinajstić information content (AvgIpc) is 2.82. The topological polar surface area (TPSA) is 59.0 Å². The lowest BCUT2D eigenvalue weighted by atomic mass is 9.54. The van der Waals surface area contributed by atoms with E-state index in [0.29, 0.717) is 12.0 Å². The molecule has 5 heteroatoms. The van der Waals surface area contributed by atoms with Gasteiger partial charge in [-0.1, -0.05) is 0 Å². The number of amides is 1. The molecule has 5 nitrogen and oxygen atoms in total. The second-order valence-corrected chi connectivity index (χ2v) is 9.41. The van der Waals surface area contributed by atoms with Gasteiger partial charge in [-0.25, -0.2) is 0 Å². The summed E-state index contributed by atoms with van der Waals surface area (Å²) in [5, 5.41) is 11.7. The summed E-state index contributed by atoms with van der Waals surface area (Å²) in [6, 6.07) is 0.402. The number of rotatable bonds is 3. The number of aromatic nitrogens is 2. The standard InChI is InChI=1S/C21H32N4O/c1-25-12-18(20(24-25)15-3-2-5-22-6-4-15)21(26)23-19-16-8-13-7-14(10-16)11-17(19)9-13/h12-17,19,22H,2-11H2,1H3,(H,23,26). The van der Waals surface area contributed by atoms with E-state index >= 15 is 0 Å². The van der Waals surface area contributed by atoms with Crippen LogP contribution in [-0.4, -0.2) is 34.8 Å². The van der Waals surface area contributed by atoms with Gasteiger partial charge in [0, 0.05) is 25.2 Å². The van der Waals surface area contributed by atoms with Gasteiger partial charge in [-0.2, -0.15) is 5.10 Å². The van der Waals surface area contributed by atoms with Gasteiger partial charge in [0.15, 0.2) is 0 Å². The molecule has 5 aliphatic rings. The number of nitrogens with one attached hydrogen (secondary N) is 2. The fourth-order valence-corrected chi connectivity index (χ4v) is 6.66. The van der Waals surface area contributed by atoms with Crippen molar-refractivity contribution >= 4 is 5.91 Å². The third-order valence-corrected chi connectivity index (χ3v) is 7.59. The van der Waals surface area contributed by atoms with Gasteiger partial charge in [0.1, 0.15) is 0 Å². The smallest absolute Gasteiger partial charge is 0.255 e. The highest BCUT2D eigenvalue weighted by atomic mass is 16.1. The Morgan fingerprint density at radius 2 is 1.85 bits per heavy atom. The number of hydrogen-bond donors (Lipinski definition) is 2. The summed E-state index contributed by atoms with van der Waals surface area (Å²) >= 11 is 0. The molecule has 1 aromatic rings. The van der Waals surface area contributed by atoms with Gasteiger partial charge in [0.05, 0.1) is 11.3 Å². The van der Waals surface area contributed by atoms with Crippen molar-refractivity contribution in [3.8, 4) is 0 Å². The van der Waals surface area contributed by atoms with Crippen LogP contribution in [0.2, 0.25) is 0 Å². The zero-order chi connectivity index (χ0) is 17.7. The molecule has 5 fully saturated rings. The van der Waals surface area contributed by atoms with E-state index in [2.05, 4.69) is 10.6 Å². The van der Waals surface area contributed by atoms with Crippen LogP contribution >= 0.6 is 0 Å². The number of carbonyl (C=O) groups is 1. The molecule has 4 saturated carbocycles. The normalized spacial score (nSPS) is 39.0. The van der Waals surface area contributed by atoms with Gasteiger partial charge in [0.25, 0.3) is 5.91 Å². The molecule has 0 spiro atoms. The Morgan fingerprint density at radius 1 is 1.12 bits per heavy atom. The molecule has 1 atom stereocenters. The van der Waals surface area contributed by atoms with Crippen LogP contribution in [0.5, 0.6) is 0 Å². The molecule has 4 bridgehead atoms. The molecular formula is C21H32N4O. The van der Waals surface area contributed by atoms with Crippen LogP contribution in [0.1, 0.15) is 73.3 Å². The summed E-state index contributed by atoms with van der Waals surface area (Å²) in [6.07, 6.45) is 12.1. The van der Waals surface area contributed by atoms with Crippen molar-refractivity contribution in [3.05, 3.63) is 17.5 Å². The first-order valence-corrected chi connectivity index (χ1v) is 10.7. The third-order valence-electron chi connectivity index (χ3n) is 7.59. The largest absolute Gasteiger partial charge is 0.349 e. The van der Waals surface area contributed by atoms with Gasteiger partial charge in [-0.05, 0) is 88.1 Å². The Kier molecular flexibility index (Phi) is 4.30. The molecule has 2 N–H and O–H groups in total. The molecule has 26 heavy (non-hydrogen) atoms. The van der Waals surface area contributed by atoms with E-state index in [1.165, 1.54) is 32.1 Å². The first-order chi connectivity index (χ1) is 12.7. The van der Waals surface area contributed by atoms with Crippen LogP contribution in [0, 0.1) is 23.7 Å². The summed E-state index contributed by atoms with van der Waals surface area (Å²) in [7, 11) is 1.94. The lowest BCUT2D eigenvalue weighted by molar-refractivity contribution is -0.0119. The highest BCUT2D eigenvalue weighted by Gasteiger charge is 2.48. The van der Waals surface area contributed by atoms with Crippen molar-refractivity contribution in [1.29, 1.82) is 0 Å². The van der Waals surface area contributed by atoms with E-state index < -0.39 is 0 Å². The minimum absolute atomic E-state index is 0.128. The van der Waals surface area contributed by atoms with Crippen LogP contribution in [0.3, 0.4) is 0 Å². The Morgan fingerprint density at radius 3 is 2.58 bits per heavy atom. The molecule has 1 amide bonds. The van der Waals surface area contributed by atoms with Crippen molar-refractivity contribution in [2.75, 3.05) is 13.1 Å². The molecular weight excluding hydrogens is 324 g/mol. The molecule has 1 aliphatic heterocycles. The fourth-order valence-electron chi connectivity index (χ4n) is 6.66. The first-order valence-electron chi connectivity index (χ1n) is 10.7. The zero-order valence-electron chi connectivity index (χ0n) is 15.9. The molecule has 6 rings (SSSR count). The Balaban J connectivity index is 1.34. The van der Waals surface area contributed by atoms with E-state index in [9.17, 15) is 4.79 Å². The Bertz CT molecular complexity index is 646. The fraction of sp³-hybridized carbons (Fsp3) is 0.810. The predicted octanol–water partition coefficient (Wildman–Crippen LogP) is 2.83. The number of nitrogens with zero attached hydrogens (tertiary/aromatic N) is 2. The van der Waals surface area contributed by atoms with E-state index in [1.807, 2.05) is 17.9 Å². The maximum Gasteiger partial charge on any atom is 0.255 e. The van der Waals surface area contributed by atoms with Crippen molar-refractivity contribution in [2.45, 2.75) is 63.3 Å². The molecule has 1 aromatic heterocycles. The summed E-state index contributed by atoms with van der Waals surface area (Å²) in [4.78, 5) is 13.2. The molecule has 0 radical (unpaired) electrons. The average molecular weight is 357 g/mol. The summed E-state index contributed by atoms with van der Waals surface area (Å²) in [5.74, 6) is 3.86. The van der Waals surface area contributed by atoms with E-state index in [-0.39, 0.29) is 5.91 Å². The summed E-state index contributed by atoms with van der Waals surface area (Å²) in [6.45, 7) is 2.11. The molecule has 0 aromatic carbocycles.